The fourth-order valence-corrected chi connectivity index (χ4v) is 0.979. The van der Waals surface area contributed by atoms with Gasteiger partial charge in [0.15, 0.2) is 0 Å². The Balaban J connectivity index is 3.03. The van der Waals surface area contributed by atoms with Crippen LogP contribution >= 0.6 is 0 Å². The lowest BCUT2D eigenvalue weighted by Gasteiger charge is -2.06. The van der Waals surface area contributed by atoms with Gasteiger partial charge in [-0.1, -0.05) is 0 Å². The van der Waals surface area contributed by atoms with Crippen LogP contribution < -0.4 is 11.0 Å². The number of rotatable bonds is 1. The van der Waals surface area contributed by atoms with Crippen LogP contribution in [0.3, 0.4) is 0 Å². The van der Waals surface area contributed by atoms with Crippen molar-refractivity contribution in [2.24, 2.45) is 7.05 Å². The first-order chi connectivity index (χ1) is 6.43. The Morgan fingerprint density at radius 3 is 2.50 bits per heavy atom. The SMILES string of the molecule is CC(C)NC(=O)n1cc(O)n(C)c1=O. The molecule has 1 aromatic heterocycles. The number of hydrogen-bond acceptors (Lipinski definition) is 3. The first-order valence-corrected chi connectivity index (χ1v) is 4.21. The number of imidazole rings is 1. The van der Waals surface area contributed by atoms with Gasteiger partial charge >= 0.3 is 11.7 Å². The lowest BCUT2D eigenvalue weighted by Crippen LogP contribution is -2.39. The molecule has 1 heterocycles. The minimum absolute atomic E-state index is 0.0586. The maximum absolute atomic E-state index is 11.4. The zero-order valence-electron chi connectivity index (χ0n) is 8.31. The van der Waals surface area contributed by atoms with Crippen molar-refractivity contribution in [3.8, 4) is 5.88 Å². The number of carbonyl (C=O) groups excluding carboxylic acids is 1. The van der Waals surface area contributed by atoms with Crippen LogP contribution in [0.25, 0.3) is 0 Å². The minimum Gasteiger partial charge on any atom is -0.493 e. The normalized spacial score (nSPS) is 10.6. The molecular weight excluding hydrogens is 186 g/mol. The van der Waals surface area contributed by atoms with Crippen LogP contribution in [-0.4, -0.2) is 26.3 Å². The predicted octanol–water partition coefficient (Wildman–Crippen LogP) is -0.142. The fourth-order valence-electron chi connectivity index (χ4n) is 0.979. The number of aromatic nitrogens is 2. The molecule has 0 saturated heterocycles. The summed E-state index contributed by atoms with van der Waals surface area (Å²) in [5.41, 5.74) is -0.569. The van der Waals surface area contributed by atoms with Gasteiger partial charge in [0, 0.05) is 13.1 Å². The molecule has 0 fully saturated rings. The topological polar surface area (TPSA) is 76.3 Å². The second-order valence-electron chi connectivity index (χ2n) is 3.30. The van der Waals surface area contributed by atoms with E-state index in [-0.39, 0.29) is 11.9 Å². The summed E-state index contributed by atoms with van der Waals surface area (Å²) >= 11 is 0. The molecule has 6 heteroatoms. The van der Waals surface area contributed by atoms with Gasteiger partial charge in [-0.3, -0.25) is 4.57 Å². The summed E-state index contributed by atoms with van der Waals surface area (Å²) in [4.78, 5) is 22.7. The molecular formula is C8H13N3O3. The van der Waals surface area contributed by atoms with Crippen LogP contribution in [-0.2, 0) is 7.05 Å². The maximum Gasteiger partial charge on any atom is 0.339 e. The summed E-state index contributed by atoms with van der Waals surface area (Å²) in [5, 5.41) is 11.7. The van der Waals surface area contributed by atoms with E-state index in [0.717, 1.165) is 15.3 Å². The van der Waals surface area contributed by atoms with Gasteiger partial charge in [0.1, 0.15) is 0 Å². The Morgan fingerprint density at radius 2 is 2.14 bits per heavy atom. The first kappa shape index (κ1) is 10.4. The highest BCUT2D eigenvalue weighted by atomic mass is 16.3. The van der Waals surface area contributed by atoms with Crippen molar-refractivity contribution in [2.75, 3.05) is 0 Å². The molecule has 0 aromatic carbocycles. The van der Waals surface area contributed by atoms with E-state index in [1.165, 1.54) is 7.05 Å². The summed E-state index contributed by atoms with van der Waals surface area (Å²) < 4.78 is 1.81. The second-order valence-corrected chi connectivity index (χ2v) is 3.30. The minimum atomic E-state index is -0.569. The third-order valence-electron chi connectivity index (χ3n) is 1.71. The van der Waals surface area contributed by atoms with Crippen molar-refractivity contribution >= 4 is 6.03 Å². The number of carbonyl (C=O) groups is 1. The van der Waals surface area contributed by atoms with Crippen LogP contribution in [0.2, 0.25) is 0 Å². The van der Waals surface area contributed by atoms with Gasteiger partial charge in [-0.05, 0) is 13.8 Å². The molecule has 0 spiro atoms. The summed E-state index contributed by atoms with van der Waals surface area (Å²) in [6.07, 6.45) is 1.08. The lowest BCUT2D eigenvalue weighted by atomic mass is 10.4. The smallest absolute Gasteiger partial charge is 0.339 e. The zero-order valence-corrected chi connectivity index (χ0v) is 8.31. The van der Waals surface area contributed by atoms with Crippen molar-refractivity contribution in [1.29, 1.82) is 0 Å². The molecule has 2 N–H and O–H groups in total. The standard InChI is InChI=1S/C8H13N3O3/c1-5(2)9-7(13)11-4-6(12)10(3)8(11)14/h4-5,12H,1-3H3,(H,9,13). The highest BCUT2D eigenvalue weighted by Crippen LogP contribution is 2.01. The quantitative estimate of drug-likeness (QED) is 0.660. The number of hydrogen-bond donors (Lipinski definition) is 2. The average molecular weight is 199 g/mol. The van der Waals surface area contributed by atoms with Gasteiger partial charge < -0.3 is 10.4 Å². The highest BCUT2D eigenvalue weighted by Gasteiger charge is 2.13. The van der Waals surface area contributed by atoms with Crippen molar-refractivity contribution < 1.29 is 9.90 Å². The van der Waals surface area contributed by atoms with Gasteiger partial charge in [-0.25, -0.2) is 14.2 Å². The van der Waals surface area contributed by atoms with Crippen LogP contribution in [0.1, 0.15) is 13.8 Å². The van der Waals surface area contributed by atoms with Crippen LogP contribution in [0.4, 0.5) is 4.79 Å². The average Bonchev–Trinajstić information content (AvgIpc) is 2.32. The second kappa shape index (κ2) is 3.57. The van der Waals surface area contributed by atoms with E-state index in [4.69, 9.17) is 5.11 Å². The largest absolute Gasteiger partial charge is 0.493 e. The Hall–Kier alpha value is -1.72. The third kappa shape index (κ3) is 1.78. The van der Waals surface area contributed by atoms with Crippen LogP contribution in [0.5, 0.6) is 5.88 Å². The predicted molar refractivity (Wildman–Crippen MR) is 50.4 cm³/mol. The molecule has 0 atom stereocenters. The molecule has 78 valence electrons. The highest BCUT2D eigenvalue weighted by molar-refractivity contribution is 5.76. The van der Waals surface area contributed by atoms with E-state index in [1.54, 1.807) is 13.8 Å². The Labute approximate surface area is 80.8 Å². The molecule has 0 saturated carbocycles. The van der Waals surface area contributed by atoms with E-state index < -0.39 is 11.7 Å². The maximum atomic E-state index is 11.4. The van der Waals surface area contributed by atoms with Crippen molar-refractivity contribution in [3.63, 3.8) is 0 Å². The van der Waals surface area contributed by atoms with E-state index in [1.807, 2.05) is 0 Å². The molecule has 6 nitrogen and oxygen atoms in total. The number of amides is 1. The van der Waals surface area contributed by atoms with Crippen LogP contribution in [0, 0.1) is 0 Å². The Kier molecular flexibility index (Phi) is 2.64. The number of nitrogens with zero attached hydrogens (tertiary/aromatic N) is 2. The summed E-state index contributed by atoms with van der Waals surface area (Å²) in [6.45, 7) is 3.57. The van der Waals surface area contributed by atoms with Gasteiger partial charge in [-0.2, -0.15) is 0 Å². The number of aromatic hydroxyl groups is 1. The first-order valence-electron chi connectivity index (χ1n) is 4.21. The van der Waals surface area contributed by atoms with Gasteiger partial charge in [0.05, 0.1) is 6.20 Å². The van der Waals surface area contributed by atoms with E-state index in [2.05, 4.69) is 5.32 Å². The third-order valence-corrected chi connectivity index (χ3v) is 1.71. The molecule has 0 aliphatic carbocycles. The lowest BCUT2D eigenvalue weighted by molar-refractivity contribution is 0.239. The molecule has 1 rings (SSSR count). The van der Waals surface area contributed by atoms with E-state index in [9.17, 15) is 9.59 Å². The molecule has 14 heavy (non-hydrogen) atoms. The molecule has 1 amide bonds. The number of nitrogens with one attached hydrogen (secondary N) is 1. The Morgan fingerprint density at radius 1 is 1.57 bits per heavy atom. The molecule has 0 bridgehead atoms. The van der Waals surface area contributed by atoms with Gasteiger partial charge in [-0.15, -0.1) is 0 Å². The van der Waals surface area contributed by atoms with Gasteiger partial charge in [0.25, 0.3) is 0 Å². The molecule has 0 aliphatic rings. The summed E-state index contributed by atoms with van der Waals surface area (Å²) in [6, 6.07) is -0.599. The summed E-state index contributed by atoms with van der Waals surface area (Å²) in [5.74, 6) is -0.242. The summed E-state index contributed by atoms with van der Waals surface area (Å²) in [7, 11) is 1.39. The van der Waals surface area contributed by atoms with Crippen molar-refractivity contribution in [2.45, 2.75) is 19.9 Å². The molecule has 0 unspecified atom stereocenters. The Bertz CT molecular complexity index is 402. The monoisotopic (exact) mass is 199 g/mol. The molecule has 0 radical (unpaired) electrons. The van der Waals surface area contributed by atoms with Crippen molar-refractivity contribution in [1.82, 2.24) is 14.5 Å². The fraction of sp³-hybridized carbons (Fsp3) is 0.500. The van der Waals surface area contributed by atoms with E-state index in [0.29, 0.717) is 0 Å². The van der Waals surface area contributed by atoms with Crippen molar-refractivity contribution in [3.05, 3.63) is 16.7 Å². The van der Waals surface area contributed by atoms with Crippen LogP contribution in [0.15, 0.2) is 11.0 Å². The van der Waals surface area contributed by atoms with E-state index >= 15 is 0 Å². The zero-order chi connectivity index (χ0) is 10.9. The molecule has 0 aliphatic heterocycles. The van der Waals surface area contributed by atoms with Gasteiger partial charge in [0.2, 0.25) is 5.88 Å². The molecule has 1 aromatic rings.